The second kappa shape index (κ2) is 6.41. The Morgan fingerprint density at radius 1 is 1.39 bits per heavy atom. The van der Waals surface area contributed by atoms with E-state index in [1.54, 1.807) is 7.11 Å². The van der Waals surface area contributed by atoms with Gasteiger partial charge in [0, 0.05) is 30.9 Å². The van der Waals surface area contributed by atoms with Crippen molar-refractivity contribution >= 4 is 17.3 Å². The summed E-state index contributed by atoms with van der Waals surface area (Å²) in [5.41, 5.74) is 8.09. The summed E-state index contributed by atoms with van der Waals surface area (Å²) < 4.78 is 5.40. The van der Waals surface area contributed by atoms with E-state index in [4.69, 9.17) is 22.1 Å². The SMILES string of the molecule is COC1CCN(c2cccc(Cl)c2CCN)CC1. The van der Waals surface area contributed by atoms with Crippen LogP contribution >= 0.6 is 11.6 Å². The van der Waals surface area contributed by atoms with Crippen LogP contribution in [0, 0.1) is 0 Å². The van der Waals surface area contributed by atoms with Gasteiger partial charge < -0.3 is 15.4 Å². The summed E-state index contributed by atoms with van der Waals surface area (Å²) in [6, 6.07) is 6.10. The van der Waals surface area contributed by atoms with Gasteiger partial charge in [-0.3, -0.25) is 0 Å². The predicted molar refractivity (Wildman–Crippen MR) is 76.5 cm³/mol. The van der Waals surface area contributed by atoms with Crippen LogP contribution in [0.4, 0.5) is 5.69 Å². The zero-order valence-electron chi connectivity index (χ0n) is 10.9. The van der Waals surface area contributed by atoms with Crippen molar-refractivity contribution in [2.75, 3.05) is 31.6 Å². The number of ether oxygens (including phenoxy) is 1. The Labute approximate surface area is 114 Å². The smallest absolute Gasteiger partial charge is 0.0605 e. The summed E-state index contributed by atoms with van der Waals surface area (Å²) >= 11 is 6.28. The molecule has 100 valence electrons. The lowest BCUT2D eigenvalue weighted by atomic mass is 10.0. The average Bonchev–Trinajstić information content (AvgIpc) is 2.41. The third kappa shape index (κ3) is 2.97. The zero-order chi connectivity index (χ0) is 13.0. The van der Waals surface area contributed by atoms with E-state index in [0.29, 0.717) is 12.6 Å². The molecule has 1 aromatic carbocycles. The maximum atomic E-state index is 6.28. The van der Waals surface area contributed by atoms with Crippen molar-refractivity contribution in [3.8, 4) is 0 Å². The molecule has 1 saturated heterocycles. The van der Waals surface area contributed by atoms with E-state index in [1.807, 2.05) is 12.1 Å². The normalized spacial score (nSPS) is 17.2. The molecule has 2 N–H and O–H groups in total. The highest BCUT2D eigenvalue weighted by Gasteiger charge is 2.21. The second-order valence-electron chi connectivity index (χ2n) is 4.70. The fourth-order valence-corrected chi connectivity index (χ4v) is 2.83. The molecule has 2 rings (SSSR count). The monoisotopic (exact) mass is 268 g/mol. The number of rotatable bonds is 4. The highest BCUT2D eigenvalue weighted by atomic mass is 35.5. The van der Waals surface area contributed by atoms with Gasteiger partial charge in [0.2, 0.25) is 0 Å². The second-order valence-corrected chi connectivity index (χ2v) is 5.11. The van der Waals surface area contributed by atoms with Crippen molar-refractivity contribution in [1.29, 1.82) is 0 Å². The Bertz CT molecular complexity index is 389. The van der Waals surface area contributed by atoms with Gasteiger partial charge in [-0.1, -0.05) is 17.7 Å². The molecule has 0 amide bonds. The lowest BCUT2D eigenvalue weighted by Gasteiger charge is -2.34. The number of hydrogen-bond acceptors (Lipinski definition) is 3. The Morgan fingerprint density at radius 2 is 2.11 bits per heavy atom. The number of nitrogens with two attached hydrogens (primary N) is 1. The van der Waals surface area contributed by atoms with E-state index in [2.05, 4.69) is 11.0 Å². The number of nitrogens with zero attached hydrogens (tertiary/aromatic N) is 1. The molecule has 1 aliphatic rings. The number of hydrogen-bond donors (Lipinski definition) is 1. The van der Waals surface area contributed by atoms with Gasteiger partial charge in [0.25, 0.3) is 0 Å². The van der Waals surface area contributed by atoms with Gasteiger partial charge in [-0.05, 0) is 43.5 Å². The van der Waals surface area contributed by atoms with Crippen molar-refractivity contribution in [2.24, 2.45) is 5.73 Å². The third-order valence-electron chi connectivity index (χ3n) is 3.60. The van der Waals surface area contributed by atoms with E-state index in [9.17, 15) is 0 Å². The van der Waals surface area contributed by atoms with E-state index < -0.39 is 0 Å². The Balaban J connectivity index is 2.15. The topological polar surface area (TPSA) is 38.5 Å². The minimum Gasteiger partial charge on any atom is -0.381 e. The Hall–Kier alpha value is -0.770. The first-order valence-electron chi connectivity index (χ1n) is 6.51. The van der Waals surface area contributed by atoms with Crippen molar-refractivity contribution in [3.05, 3.63) is 28.8 Å². The van der Waals surface area contributed by atoms with Crippen LogP contribution in [0.3, 0.4) is 0 Å². The molecule has 1 aliphatic heterocycles. The van der Waals surface area contributed by atoms with Crippen molar-refractivity contribution in [1.82, 2.24) is 0 Å². The van der Waals surface area contributed by atoms with E-state index in [0.717, 1.165) is 37.4 Å². The first-order valence-corrected chi connectivity index (χ1v) is 6.89. The molecule has 18 heavy (non-hydrogen) atoms. The van der Waals surface area contributed by atoms with Crippen molar-refractivity contribution in [3.63, 3.8) is 0 Å². The van der Waals surface area contributed by atoms with Crippen LogP contribution in [-0.2, 0) is 11.2 Å². The molecule has 0 bridgehead atoms. The van der Waals surface area contributed by atoms with E-state index >= 15 is 0 Å². The van der Waals surface area contributed by atoms with Crippen molar-refractivity contribution < 1.29 is 4.74 Å². The maximum absolute atomic E-state index is 6.28. The molecule has 0 unspecified atom stereocenters. The molecular formula is C14H21ClN2O. The van der Waals surface area contributed by atoms with Gasteiger partial charge >= 0.3 is 0 Å². The lowest BCUT2D eigenvalue weighted by Crippen LogP contribution is -2.37. The molecule has 0 radical (unpaired) electrons. The molecule has 4 heteroatoms. The van der Waals surface area contributed by atoms with E-state index in [-0.39, 0.29) is 0 Å². The number of anilines is 1. The van der Waals surface area contributed by atoms with Gasteiger partial charge in [0.1, 0.15) is 0 Å². The zero-order valence-corrected chi connectivity index (χ0v) is 11.6. The van der Waals surface area contributed by atoms with E-state index in [1.165, 1.54) is 11.3 Å². The summed E-state index contributed by atoms with van der Waals surface area (Å²) in [5.74, 6) is 0. The quantitative estimate of drug-likeness (QED) is 0.912. The lowest BCUT2D eigenvalue weighted by molar-refractivity contribution is 0.0819. The van der Waals surface area contributed by atoms with Crippen LogP contribution in [0.1, 0.15) is 18.4 Å². The van der Waals surface area contributed by atoms with Gasteiger partial charge in [-0.25, -0.2) is 0 Å². The minimum atomic E-state index is 0.401. The molecule has 0 aliphatic carbocycles. The molecule has 0 saturated carbocycles. The molecule has 1 aromatic rings. The standard InChI is InChI=1S/C14H21ClN2O/c1-18-11-6-9-17(10-7-11)14-4-2-3-13(15)12(14)5-8-16/h2-4,11H,5-10,16H2,1H3. The van der Waals surface area contributed by atoms with Crippen molar-refractivity contribution in [2.45, 2.75) is 25.4 Å². The minimum absolute atomic E-state index is 0.401. The molecule has 0 atom stereocenters. The fraction of sp³-hybridized carbons (Fsp3) is 0.571. The van der Waals surface area contributed by atoms with Crippen LogP contribution in [-0.4, -0.2) is 32.8 Å². The summed E-state index contributed by atoms with van der Waals surface area (Å²) in [6.45, 7) is 2.68. The van der Waals surface area contributed by atoms with Gasteiger partial charge in [0.05, 0.1) is 6.10 Å². The fourth-order valence-electron chi connectivity index (χ4n) is 2.57. The largest absolute Gasteiger partial charge is 0.381 e. The number of piperidine rings is 1. The van der Waals surface area contributed by atoms with Crippen LogP contribution in [0.2, 0.25) is 5.02 Å². The average molecular weight is 269 g/mol. The summed E-state index contributed by atoms with van der Waals surface area (Å²) in [6.07, 6.45) is 3.38. The Morgan fingerprint density at radius 3 is 2.72 bits per heavy atom. The first-order chi connectivity index (χ1) is 8.76. The highest BCUT2D eigenvalue weighted by molar-refractivity contribution is 6.31. The van der Waals surface area contributed by atoms with Gasteiger partial charge in [0.15, 0.2) is 0 Å². The molecule has 1 heterocycles. The summed E-state index contributed by atoms with van der Waals surface area (Å²) in [5, 5.41) is 0.826. The molecule has 3 nitrogen and oxygen atoms in total. The van der Waals surface area contributed by atoms with Gasteiger partial charge in [-0.2, -0.15) is 0 Å². The first kappa shape index (κ1) is 13.7. The van der Waals surface area contributed by atoms with Crippen LogP contribution in [0.15, 0.2) is 18.2 Å². The van der Waals surface area contributed by atoms with Gasteiger partial charge in [-0.15, -0.1) is 0 Å². The van der Waals surface area contributed by atoms with Crippen LogP contribution < -0.4 is 10.6 Å². The molecule has 0 aromatic heterocycles. The number of benzene rings is 1. The predicted octanol–water partition coefficient (Wildman–Crippen LogP) is 2.46. The summed E-state index contributed by atoms with van der Waals surface area (Å²) in [4.78, 5) is 2.40. The maximum Gasteiger partial charge on any atom is 0.0605 e. The highest BCUT2D eigenvalue weighted by Crippen LogP contribution is 2.30. The summed E-state index contributed by atoms with van der Waals surface area (Å²) in [7, 11) is 1.79. The Kier molecular flexibility index (Phi) is 4.87. The molecule has 1 fully saturated rings. The third-order valence-corrected chi connectivity index (χ3v) is 3.96. The van der Waals surface area contributed by atoms with Crippen LogP contribution in [0.25, 0.3) is 0 Å². The molecular weight excluding hydrogens is 248 g/mol. The molecule has 0 spiro atoms. The number of halogens is 1. The van der Waals surface area contributed by atoms with Crippen LogP contribution in [0.5, 0.6) is 0 Å². The number of methoxy groups -OCH3 is 1.